The number of nitrogens with one attached hydrogen (secondary N) is 1. The lowest BCUT2D eigenvalue weighted by atomic mass is 10.0. The van der Waals surface area contributed by atoms with Gasteiger partial charge >= 0.3 is 0 Å². The van der Waals surface area contributed by atoms with E-state index in [0.29, 0.717) is 34.9 Å². The number of para-hydroxylation sites is 2. The third-order valence-corrected chi connectivity index (χ3v) is 7.02. The van der Waals surface area contributed by atoms with Crippen molar-refractivity contribution in [1.82, 2.24) is 20.3 Å². The number of amides is 2. The Bertz CT molecular complexity index is 1430. The quantitative estimate of drug-likeness (QED) is 0.322. The molecule has 0 saturated heterocycles. The Labute approximate surface area is 227 Å². The van der Waals surface area contributed by atoms with E-state index in [0.717, 1.165) is 31.2 Å². The summed E-state index contributed by atoms with van der Waals surface area (Å²) < 4.78 is 12.9. The molecule has 1 aliphatic rings. The molecular weight excluding hydrogens is 494 g/mol. The number of carbonyl (C=O) groups is 2. The summed E-state index contributed by atoms with van der Waals surface area (Å²) in [5, 5.41) is 11.6. The molecule has 0 bridgehead atoms. The summed E-state index contributed by atoms with van der Waals surface area (Å²) in [5.74, 6) is 0.533. The maximum Gasteiger partial charge on any atom is 0.249 e. The average molecular weight is 528 g/mol. The van der Waals surface area contributed by atoms with Gasteiger partial charge in [-0.25, -0.2) is 4.68 Å². The van der Waals surface area contributed by atoms with Gasteiger partial charge in [0.15, 0.2) is 11.5 Å². The molecule has 1 fully saturated rings. The number of nitrogens with zero attached hydrogens (tertiary/aromatic N) is 4. The van der Waals surface area contributed by atoms with Gasteiger partial charge in [0.05, 0.1) is 19.2 Å². The minimum atomic E-state index is -0.945. The molecule has 9 nitrogen and oxygen atoms in total. The first-order valence-corrected chi connectivity index (χ1v) is 13.4. The first-order chi connectivity index (χ1) is 19.1. The molecule has 1 atom stereocenters. The second kappa shape index (κ2) is 12.0. The molecule has 1 heterocycles. The SMILES string of the molecule is CCOc1ccc([C@H](C(=O)NC2CCCC2)N(C(=O)Cn2nnc3ccccc32)c2ccccc2)cc1OC. The summed E-state index contributed by atoms with van der Waals surface area (Å²) in [6.07, 6.45) is 4.00. The Hall–Kier alpha value is -4.40. The van der Waals surface area contributed by atoms with E-state index in [1.807, 2.05) is 67.6 Å². The lowest BCUT2D eigenvalue weighted by Crippen LogP contribution is -2.47. The summed E-state index contributed by atoms with van der Waals surface area (Å²) in [5.41, 5.74) is 2.66. The van der Waals surface area contributed by atoms with E-state index < -0.39 is 6.04 Å². The molecule has 0 spiro atoms. The number of fused-ring (bicyclic) bond motifs is 1. The number of carbonyl (C=O) groups excluding carboxylic acids is 2. The number of methoxy groups -OCH3 is 1. The van der Waals surface area contributed by atoms with E-state index in [2.05, 4.69) is 15.6 Å². The average Bonchev–Trinajstić information content (AvgIpc) is 3.62. The molecule has 1 aromatic heterocycles. The fourth-order valence-electron chi connectivity index (χ4n) is 5.16. The molecule has 202 valence electrons. The third kappa shape index (κ3) is 5.72. The van der Waals surface area contributed by atoms with Crippen molar-refractivity contribution in [2.75, 3.05) is 18.6 Å². The van der Waals surface area contributed by atoms with Gasteiger partial charge in [-0.15, -0.1) is 5.10 Å². The number of benzene rings is 3. The van der Waals surface area contributed by atoms with Crippen molar-refractivity contribution in [3.8, 4) is 11.5 Å². The zero-order valence-electron chi connectivity index (χ0n) is 22.2. The predicted octanol–water partition coefficient (Wildman–Crippen LogP) is 4.67. The maximum atomic E-state index is 14.1. The highest BCUT2D eigenvalue weighted by Crippen LogP contribution is 2.35. The molecule has 5 rings (SSSR count). The van der Waals surface area contributed by atoms with Crippen LogP contribution < -0.4 is 19.7 Å². The number of anilines is 1. The van der Waals surface area contributed by atoms with Crippen LogP contribution in [0.5, 0.6) is 11.5 Å². The molecule has 39 heavy (non-hydrogen) atoms. The van der Waals surface area contributed by atoms with Gasteiger partial charge in [0.1, 0.15) is 18.1 Å². The number of ether oxygens (including phenoxy) is 2. The van der Waals surface area contributed by atoms with Crippen LogP contribution in [0, 0.1) is 0 Å². The third-order valence-electron chi connectivity index (χ3n) is 7.02. The summed E-state index contributed by atoms with van der Waals surface area (Å²) in [7, 11) is 1.56. The highest BCUT2D eigenvalue weighted by Gasteiger charge is 2.35. The summed E-state index contributed by atoms with van der Waals surface area (Å²) in [6, 6.07) is 21.2. The van der Waals surface area contributed by atoms with Crippen molar-refractivity contribution in [2.45, 2.75) is 51.2 Å². The monoisotopic (exact) mass is 527 g/mol. The molecular formula is C30H33N5O4. The molecule has 4 aromatic rings. The van der Waals surface area contributed by atoms with Gasteiger partial charge in [-0.3, -0.25) is 14.5 Å². The van der Waals surface area contributed by atoms with Crippen molar-refractivity contribution in [3.05, 3.63) is 78.4 Å². The smallest absolute Gasteiger partial charge is 0.249 e. The fraction of sp³-hybridized carbons (Fsp3) is 0.333. The first-order valence-electron chi connectivity index (χ1n) is 13.4. The summed E-state index contributed by atoms with van der Waals surface area (Å²) in [4.78, 5) is 29.7. The van der Waals surface area contributed by atoms with Crippen molar-refractivity contribution >= 4 is 28.5 Å². The van der Waals surface area contributed by atoms with Crippen LogP contribution in [0.4, 0.5) is 5.69 Å². The van der Waals surface area contributed by atoms with E-state index in [9.17, 15) is 9.59 Å². The van der Waals surface area contributed by atoms with Crippen LogP contribution in [0.1, 0.15) is 44.2 Å². The lowest BCUT2D eigenvalue weighted by Gasteiger charge is -2.32. The van der Waals surface area contributed by atoms with Crippen LogP contribution in [-0.4, -0.2) is 46.6 Å². The standard InChI is InChI=1S/C30H33N5O4/c1-3-39-26-18-17-21(19-27(26)38-2)29(30(37)31-22-11-7-8-12-22)35(23-13-5-4-6-14-23)28(36)20-34-25-16-10-9-15-24(25)32-33-34/h4-6,9-10,13-19,22,29H,3,7-8,11-12,20H2,1-2H3,(H,31,37)/t29-/m1/s1. The van der Waals surface area contributed by atoms with Crippen LogP contribution in [0.2, 0.25) is 0 Å². The molecule has 1 aliphatic carbocycles. The number of rotatable bonds is 10. The minimum Gasteiger partial charge on any atom is -0.493 e. The molecule has 0 aliphatic heterocycles. The molecule has 9 heteroatoms. The van der Waals surface area contributed by atoms with Gasteiger partial charge in [0, 0.05) is 11.7 Å². The molecule has 1 saturated carbocycles. The van der Waals surface area contributed by atoms with E-state index in [-0.39, 0.29) is 24.4 Å². The van der Waals surface area contributed by atoms with E-state index in [1.165, 1.54) is 0 Å². The highest BCUT2D eigenvalue weighted by atomic mass is 16.5. The van der Waals surface area contributed by atoms with Crippen LogP contribution in [0.15, 0.2) is 72.8 Å². The summed E-state index contributed by atoms with van der Waals surface area (Å²) in [6.45, 7) is 2.29. The molecule has 3 aromatic carbocycles. The molecule has 1 N–H and O–H groups in total. The topological polar surface area (TPSA) is 98.6 Å². The largest absolute Gasteiger partial charge is 0.493 e. The van der Waals surface area contributed by atoms with E-state index >= 15 is 0 Å². The van der Waals surface area contributed by atoms with Gasteiger partial charge < -0.3 is 14.8 Å². The van der Waals surface area contributed by atoms with Gasteiger partial charge in [0.2, 0.25) is 11.8 Å². The zero-order valence-corrected chi connectivity index (χ0v) is 22.2. The van der Waals surface area contributed by atoms with Gasteiger partial charge in [-0.1, -0.05) is 54.5 Å². The van der Waals surface area contributed by atoms with Gasteiger partial charge in [0.25, 0.3) is 0 Å². The van der Waals surface area contributed by atoms with Crippen molar-refractivity contribution in [1.29, 1.82) is 0 Å². The second-order valence-electron chi connectivity index (χ2n) is 9.57. The van der Waals surface area contributed by atoms with Crippen LogP contribution in [-0.2, 0) is 16.1 Å². The Morgan fingerprint density at radius 2 is 1.77 bits per heavy atom. The fourth-order valence-corrected chi connectivity index (χ4v) is 5.16. The van der Waals surface area contributed by atoms with Crippen molar-refractivity contribution < 1.29 is 19.1 Å². The number of hydrogen-bond donors (Lipinski definition) is 1. The second-order valence-corrected chi connectivity index (χ2v) is 9.57. The van der Waals surface area contributed by atoms with Crippen molar-refractivity contribution in [2.24, 2.45) is 0 Å². The van der Waals surface area contributed by atoms with Crippen LogP contribution in [0.3, 0.4) is 0 Å². The zero-order chi connectivity index (χ0) is 27.2. The maximum absolute atomic E-state index is 14.1. The van der Waals surface area contributed by atoms with Gasteiger partial charge in [-0.05, 0) is 61.7 Å². The van der Waals surface area contributed by atoms with Crippen LogP contribution >= 0.6 is 0 Å². The van der Waals surface area contributed by atoms with E-state index in [4.69, 9.17) is 9.47 Å². The van der Waals surface area contributed by atoms with E-state index in [1.54, 1.807) is 28.8 Å². The predicted molar refractivity (Wildman–Crippen MR) is 149 cm³/mol. The Kier molecular flexibility index (Phi) is 8.05. The number of aromatic nitrogens is 3. The molecule has 0 radical (unpaired) electrons. The Balaban J connectivity index is 1.58. The molecule has 0 unspecified atom stereocenters. The Morgan fingerprint density at radius 3 is 2.51 bits per heavy atom. The Morgan fingerprint density at radius 1 is 1.03 bits per heavy atom. The van der Waals surface area contributed by atoms with Gasteiger partial charge in [-0.2, -0.15) is 0 Å². The number of hydrogen-bond acceptors (Lipinski definition) is 6. The van der Waals surface area contributed by atoms with Crippen molar-refractivity contribution in [3.63, 3.8) is 0 Å². The minimum absolute atomic E-state index is 0.0802. The lowest BCUT2D eigenvalue weighted by molar-refractivity contribution is -0.127. The highest BCUT2D eigenvalue weighted by molar-refractivity contribution is 6.01. The summed E-state index contributed by atoms with van der Waals surface area (Å²) >= 11 is 0. The first kappa shape index (κ1) is 26.2. The van der Waals surface area contributed by atoms with Crippen LogP contribution in [0.25, 0.3) is 11.0 Å². The molecule has 2 amide bonds. The normalized spacial score (nSPS) is 14.2.